The van der Waals surface area contributed by atoms with Crippen LogP contribution in [0.5, 0.6) is 0 Å². The highest BCUT2D eigenvalue weighted by Gasteiger charge is 2.13. The van der Waals surface area contributed by atoms with E-state index >= 15 is 0 Å². The summed E-state index contributed by atoms with van der Waals surface area (Å²) in [5, 5.41) is 2.07. The molecule has 0 heterocycles. The lowest BCUT2D eigenvalue weighted by Gasteiger charge is -2.10. The lowest BCUT2D eigenvalue weighted by Crippen LogP contribution is -1.92. The Kier molecular flexibility index (Phi) is 3.47. The molecule has 0 atom stereocenters. The van der Waals surface area contributed by atoms with Crippen LogP contribution in [-0.2, 0) is 0 Å². The first-order chi connectivity index (χ1) is 9.68. The first-order valence-corrected chi connectivity index (χ1v) is 6.90. The van der Waals surface area contributed by atoms with Crippen molar-refractivity contribution >= 4 is 39.2 Å². The molecule has 3 rings (SSSR count). The van der Waals surface area contributed by atoms with Gasteiger partial charge in [0.05, 0.1) is 10.6 Å². The van der Waals surface area contributed by atoms with Gasteiger partial charge in [-0.05, 0) is 34.0 Å². The predicted octanol–water partition coefficient (Wildman–Crippen LogP) is 5.54. The van der Waals surface area contributed by atoms with E-state index in [1.165, 1.54) is 0 Å². The van der Waals surface area contributed by atoms with Gasteiger partial charge >= 0.3 is 0 Å². The summed E-state index contributed by atoms with van der Waals surface area (Å²) >= 11 is 11.9. The molecule has 3 aromatic rings. The van der Waals surface area contributed by atoms with Crippen molar-refractivity contribution < 1.29 is 4.79 Å². The van der Waals surface area contributed by atoms with Crippen LogP contribution in [0.1, 0.15) is 10.4 Å². The molecule has 3 aromatic carbocycles. The molecule has 0 saturated heterocycles. The molecule has 3 heteroatoms. The lowest BCUT2D eigenvalue weighted by molar-refractivity contribution is 0.108. The van der Waals surface area contributed by atoms with Crippen molar-refractivity contribution in [3.63, 3.8) is 0 Å². The van der Waals surface area contributed by atoms with Crippen LogP contribution in [-0.4, -0.2) is 5.24 Å². The average Bonchev–Trinajstić information content (AvgIpc) is 2.47. The largest absolute Gasteiger partial charge is 0.276 e. The molecule has 0 saturated carbocycles. The summed E-state index contributed by atoms with van der Waals surface area (Å²) in [5.74, 6) is 0. The van der Waals surface area contributed by atoms with Crippen molar-refractivity contribution in [2.75, 3.05) is 0 Å². The quantitative estimate of drug-likeness (QED) is 0.568. The number of rotatable bonds is 2. The Morgan fingerprint density at radius 2 is 1.45 bits per heavy atom. The van der Waals surface area contributed by atoms with Crippen LogP contribution < -0.4 is 0 Å². The molecule has 0 radical (unpaired) electrons. The third-order valence-corrected chi connectivity index (χ3v) is 3.90. The van der Waals surface area contributed by atoms with E-state index in [2.05, 4.69) is 0 Å². The van der Waals surface area contributed by atoms with Crippen LogP contribution in [0.4, 0.5) is 0 Å². The molecule has 0 spiro atoms. The molecule has 0 aliphatic rings. The van der Waals surface area contributed by atoms with Crippen LogP contribution in [0.2, 0.25) is 5.02 Å². The van der Waals surface area contributed by atoms with Crippen molar-refractivity contribution in [2.45, 2.75) is 0 Å². The number of halogens is 2. The van der Waals surface area contributed by atoms with Crippen molar-refractivity contribution in [2.24, 2.45) is 0 Å². The van der Waals surface area contributed by atoms with E-state index in [-0.39, 0.29) is 0 Å². The summed E-state index contributed by atoms with van der Waals surface area (Å²) in [4.78, 5) is 11.4. The number of benzene rings is 3. The van der Waals surface area contributed by atoms with Crippen LogP contribution >= 0.6 is 23.2 Å². The Morgan fingerprint density at radius 3 is 2.25 bits per heavy atom. The van der Waals surface area contributed by atoms with E-state index in [4.69, 9.17) is 23.2 Å². The van der Waals surface area contributed by atoms with E-state index in [0.717, 1.165) is 21.9 Å². The number of fused-ring (bicyclic) bond motifs is 1. The highest BCUT2D eigenvalue weighted by molar-refractivity contribution is 6.69. The minimum absolute atomic E-state index is 0.332. The van der Waals surface area contributed by atoms with Gasteiger partial charge in [-0.2, -0.15) is 0 Å². The molecule has 0 N–H and O–H groups in total. The fourth-order valence-corrected chi connectivity index (χ4v) is 2.87. The summed E-state index contributed by atoms with van der Waals surface area (Å²) in [6.45, 7) is 0. The number of carbonyl (C=O) groups excluding carboxylic acids is 1. The van der Waals surface area contributed by atoms with Gasteiger partial charge in [-0.1, -0.05) is 66.2 Å². The second-order valence-corrected chi connectivity index (χ2v) is 5.19. The van der Waals surface area contributed by atoms with E-state index in [1.807, 2.05) is 48.5 Å². The van der Waals surface area contributed by atoms with Gasteiger partial charge in [-0.25, -0.2) is 0 Å². The number of hydrogen-bond acceptors (Lipinski definition) is 1. The molecule has 0 aliphatic heterocycles. The fraction of sp³-hybridized carbons (Fsp3) is 0. The van der Waals surface area contributed by atoms with Gasteiger partial charge in [0.1, 0.15) is 0 Å². The first-order valence-electron chi connectivity index (χ1n) is 6.15. The Bertz CT molecular complexity index is 804. The highest BCUT2D eigenvalue weighted by Crippen LogP contribution is 2.35. The molecule has 0 aliphatic carbocycles. The third-order valence-electron chi connectivity index (χ3n) is 3.29. The second kappa shape index (κ2) is 5.28. The standard InChI is InChI=1S/C17H10Cl2O/c18-16-14(9-4-10-15(16)17(19)20)13-8-3-6-11-5-1-2-7-12(11)13/h1-10H. The molecule has 0 bridgehead atoms. The summed E-state index contributed by atoms with van der Waals surface area (Å²) in [7, 11) is 0. The topological polar surface area (TPSA) is 17.1 Å². The van der Waals surface area contributed by atoms with Gasteiger partial charge in [0.2, 0.25) is 0 Å². The minimum atomic E-state index is -0.544. The molecule has 0 fully saturated rings. The molecule has 0 unspecified atom stereocenters. The zero-order valence-corrected chi connectivity index (χ0v) is 11.9. The molecule has 1 nitrogen and oxygen atoms in total. The summed E-state index contributed by atoms with van der Waals surface area (Å²) in [5.41, 5.74) is 2.14. The van der Waals surface area contributed by atoms with Gasteiger partial charge in [0.15, 0.2) is 0 Å². The lowest BCUT2D eigenvalue weighted by atomic mass is 9.97. The first kappa shape index (κ1) is 13.2. The maximum Gasteiger partial charge on any atom is 0.253 e. The number of carbonyl (C=O) groups is 1. The molecular weight excluding hydrogens is 291 g/mol. The van der Waals surface area contributed by atoms with E-state index in [9.17, 15) is 4.79 Å². The summed E-state index contributed by atoms with van der Waals surface area (Å²) in [6.07, 6.45) is 0. The van der Waals surface area contributed by atoms with E-state index < -0.39 is 5.24 Å². The maximum atomic E-state index is 11.4. The van der Waals surface area contributed by atoms with Crippen molar-refractivity contribution in [3.05, 3.63) is 71.2 Å². The van der Waals surface area contributed by atoms with Gasteiger partial charge in [-0.3, -0.25) is 4.79 Å². The zero-order valence-electron chi connectivity index (χ0n) is 10.4. The zero-order chi connectivity index (χ0) is 14.1. The highest BCUT2D eigenvalue weighted by atomic mass is 35.5. The van der Waals surface area contributed by atoms with Crippen LogP contribution in [0.25, 0.3) is 21.9 Å². The Morgan fingerprint density at radius 1 is 0.800 bits per heavy atom. The minimum Gasteiger partial charge on any atom is -0.276 e. The van der Waals surface area contributed by atoms with Crippen molar-refractivity contribution in [1.29, 1.82) is 0 Å². The smallest absolute Gasteiger partial charge is 0.253 e. The molecular formula is C17H10Cl2O. The molecule has 20 heavy (non-hydrogen) atoms. The normalized spacial score (nSPS) is 10.7. The maximum absolute atomic E-state index is 11.4. The average molecular weight is 301 g/mol. The number of hydrogen-bond donors (Lipinski definition) is 0. The molecule has 98 valence electrons. The Balaban J connectivity index is 2.32. The van der Waals surface area contributed by atoms with Crippen LogP contribution in [0.15, 0.2) is 60.7 Å². The van der Waals surface area contributed by atoms with Gasteiger partial charge in [-0.15, -0.1) is 0 Å². The third kappa shape index (κ3) is 2.20. The van der Waals surface area contributed by atoms with Crippen LogP contribution in [0, 0.1) is 0 Å². The Labute approximate surface area is 126 Å². The molecule has 0 aromatic heterocycles. The summed E-state index contributed by atoms with van der Waals surface area (Å²) in [6, 6.07) is 19.4. The van der Waals surface area contributed by atoms with Gasteiger partial charge < -0.3 is 0 Å². The fourth-order valence-electron chi connectivity index (χ4n) is 2.35. The van der Waals surface area contributed by atoms with Crippen molar-refractivity contribution in [3.8, 4) is 11.1 Å². The summed E-state index contributed by atoms with van der Waals surface area (Å²) < 4.78 is 0. The monoisotopic (exact) mass is 300 g/mol. The van der Waals surface area contributed by atoms with Gasteiger partial charge in [0.25, 0.3) is 5.24 Å². The van der Waals surface area contributed by atoms with E-state index in [1.54, 1.807) is 12.1 Å². The molecule has 0 amide bonds. The van der Waals surface area contributed by atoms with Crippen LogP contribution in [0.3, 0.4) is 0 Å². The van der Waals surface area contributed by atoms with Gasteiger partial charge in [0, 0.05) is 5.56 Å². The van der Waals surface area contributed by atoms with E-state index in [0.29, 0.717) is 10.6 Å². The Hall–Kier alpha value is -1.83. The SMILES string of the molecule is O=C(Cl)c1cccc(-c2cccc3ccccc23)c1Cl. The second-order valence-electron chi connectivity index (χ2n) is 4.47. The predicted molar refractivity (Wildman–Crippen MR) is 84.6 cm³/mol. The van der Waals surface area contributed by atoms with Crippen molar-refractivity contribution in [1.82, 2.24) is 0 Å².